The molecule has 0 spiro atoms. The lowest BCUT2D eigenvalue weighted by molar-refractivity contribution is -0.137. The van der Waals surface area contributed by atoms with Gasteiger partial charge in [0.05, 0.1) is 30.1 Å². The number of unbranched alkanes of at least 4 members (excludes halogenated alkanes) is 1. The molecule has 0 saturated heterocycles. The first kappa shape index (κ1) is 28.1. The molecule has 39 heavy (non-hydrogen) atoms. The van der Waals surface area contributed by atoms with Gasteiger partial charge >= 0.3 is 5.97 Å². The summed E-state index contributed by atoms with van der Waals surface area (Å²) in [6.45, 7) is 2.45. The maximum absolute atomic E-state index is 11.7. The Morgan fingerprint density at radius 3 is 2.67 bits per heavy atom. The van der Waals surface area contributed by atoms with Gasteiger partial charge in [0.1, 0.15) is 17.9 Å². The summed E-state index contributed by atoms with van der Waals surface area (Å²) in [7, 11) is -3.53. The highest BCUT2D eigenvalue weighted by atomic mass is 35.5. The van der Waals surface area contributed by atoms with Crippen LogP contribution in [0.5, 0.6) is 5.75 Å². The number of ether oxygens (including phenoxy) is 1. The van der Waals surface area contributed by atoms with E-state index in [1.807, 2.05) is 49.4 Å². The summed E-state index contributed by atoms with van der Waals surface area (Å²) in [4.78, 5) is 23.6. The Kier molecular flexibility index (Phi) is 8.82. The molecule has 0 amide bonds. The van der Waals surface area contributed by atoms with Crippen LogP contribution in [0.2, 0.25) is 5.15 Å². The van der Waals surface area contributed by atoms with Gasteiger partial charge < -0.3 is 15.2 Å². The van der Waals surface area contributed by atoms with Crippen LogP contribution in [0.25, 0.3) is 22.0 Å². The van der Waals surface area contributed by atoms with Crippen LogP contribution >= 0.6 is 11.6 Å². The molecule has 4 aromatic rings. The Balaban J connectivity index is 1.54. The molecule has 0 fully saturated rings. The summed E-state index contributed by atoms with van der Waals surface area (Å²) < 4.78 is 31.6. The molecule has 2 aromatic carbocycles. The standard InChI is InChI=1S/C27H28ClN5O5S/c1-17(18-6-5-7-21(12-18)38-11-4-3-8-25(34)35)32-27-22-13-19(9-10-23(22)30-16-31-27)20-14-24(26(28)29-15-20)33-39(2,36)37/h5-7,9-10,12-17,33H,3-4,8,11H2,1-2H3,(H,34,35)(H,30,31,32)/t17-/m1/s1. The predicted octanol–water partition coefficient (Wildman–Crippen LogP) is 5.52. The minimum absolute atomic E-state index is 0.0518. The second-order valence-corrected chi connectivity index (χ2v) is 11.1. The van der Waals surface area contributed by atoms with Crippen LogP contribution in [0.4, 0.5) is 11.5 Å². The second kappa shape index (κ2) is 12.3. The average Bonchev–Trinajstić information content (AvgIpc) is 2.89. The number of aromatic nitrogens is 3. The molecule has 0 radical (unpaired) electrons. The quantitative estimate of drug-likeness (QED) is 0.148. The third-order valence-corrected chi connectivity index (χ3v) is 6.76. The van der Waals surface area contributed by atoms with Crippen molar-refractivity contribution >= 4 is 50.0 Å². The van der Waals surface area contributed by atoms with Gasteiger partial charge in [-0.15, -0.1) is 0 Å². The first-order valence-electron chi connectivity index (χ1n) is 12.2. The molecular weight excluding hydrogens is 542 g/mol. The lowest BCUT2D eigenvalue weighted by Crippen LogP contribution is -2.10. The summed E-state index contributed by atoms with van der Waals surface area (Å²) in [5.74, 6) is 0.533. The number of aliphatic carboxylic acids is 1. The number of sulfonamides is 1. The van der Waals surface area contributed by atoms with Crippen LogP contribution in [-0.4, -0.2) is 47.3 Å². The molecule has 10 nitrogen and oxygen atoms in total. The number of carboxylic acids is 1. The molecule has 0 aliphatic heterocycles. The summed E-state index contributed by atoms with van der Waals surface area (Å²) in [5, 5.41) is 13.0. The number of rotatable bonds is 12. The van der Waals surface area contributed by atoms with E-state index in [0.29, 0.717) is 36.6 Å². The number of anilines is 2. The maximum Gasteiger partial charge on any atom is 0.303 e. The molecule has 1 atom stereocenters. The van der Waals surface area contributed by atoms with Crippen LogP contribution < -0.4 is 14.8 Å². The van der Waals surface area contributed by atoms with Gasteiger partial charge in [-0.2, -0.15) is 0 Å². The van der Waals surface area contributed by atoms with Crippen molar-refractivity contribution in [1.29, 1.82) is 0 Å². The highest BCUT2D eigenvalue weighted by Crippen LogP contribution is 2.32. The zero-order chi connectivity index (χ0) is 28.0. The Morgan fingerprint density at radius 2 is 1.90 bits per heavy atom. The van der Waals surface area contributed by atoms with Gasteiger partial charge in [0, 0.05) is 23.6 Å². The van der Waals surface area contributed by atoms with Crippen LogP contribution in [0.3, 0.4) is 0 Å². The van der Waals surface area contributed by atoms with Crippen molar-refractivity contribution in [3.8, 4) is 16.9 Å². The molecular formula is C27H28ClN5O5S. The number of hydrogen-bond donors (Lipinski definition) is 3. The van der Waals surface area contributed by atoms with Crippen molar-refractivity contribution in [2.45, 2.75) is 32.2 Å². The Bertz CT molecular complexity index is 1600. The maximum atomic E-state index is 11.7. The number of nitrogens with one attached hydrogen (secondary N) is 2. The molecule has 3 N–H and O–H groups in total. The highest BCUT2D eigenvalue weighted by Gasteiger charge is 2.14. The lowest BCUT2D eigenvalue weighted by atomic mass is 10.0. The SMILES string of the molecule is C[C@@H](Nc1ncnc2ccc(-c3cnc(Cl)c(NS(C)(=O)=O)c3)cc12)c1cccc(OCCCCC(=O)O)c1. The van der Waals surface area contributed by atoms with Crippen LogP contribution in [0, 0.1) is 0 Å². The Labute approximate surface area is 231 Å². The predicted molar refractivity (Wildman–Crippen MR) is 152 cm³/mol. The van der Waals surface area contributed by atoms with E-state index >= 15 is 0 Å². The van der Waals surface area contributed by atoms with Crippen molar-refractivity contribution in [1.82, 2.24) is 15.0 Å². The summed E-state index contributed by atoms with van der Waals surface area (Å²) in [5.41, 5.74) is 3.37. The topological polar surface area (TPSA) is 143 Å². The number of hydrogen-bond acceptors (Lipinski definition) is 8. The van der Waals surface area contributed by atoms with E-state index in [1.54, 1.807) is 12.3 Å². The first-order chi connectivity index (χ1) is 18.6. The fraction of sp³-hybridized carbons (Fsp3) is 0.259. The molecule has 4 rings (SSSR count). The van der Waals surface area contributed by atoms with Crippen LogP contribution in [-0.2, 0) is 14.8 Å². The Hall–Kier alpha value is -3.96. The summed E-state index contributed by atoms with van der Waals surface area (Å²) >= 11 is 6.09. The van der Waals surface area contributed by atoms with Gasteiger partial charge in [-0.25, -0.2) is 23.4 Å². The minimum Gasteiger partial charge on any atom is -0.494 e. The number of nitrogens with zero attached hydrogens (tertiary/aromatic N) is 3. The third kappa shape index (κ3) is 7.78. The fourth-order valence-electron chi connectivity index (χ4n) is 3.96. The summed E-state index contributed by atoms with van der Waals surface area (Å²) in [6.07, 6.45) is 5.47. The van der Waals surface area contributed by atoms with Crippen molar-refractivity contribution in [3.63, 3.8) is 0 Å². The van der Waals surface area contributed by atoms with Gasteiger partial charge in [-0.3, -0.25) is 9.52 Å². The molecule has 204 valence electrons. The molecule has 2 aromatic heterocycles. The van der Waals surface area contributed by atoms with Crippen molar-refractivity contribution in [2.24, 2.45) is 0 Å². The van der Waals surface area contributed by atoms with E-state index in [-0.39, 0.29) is 23.3 Å². The van der Waals surface area contributed by atoms with E-state index in [0.717, 1.165) is 28.3 Å². The van der Waals surface area contributed by atoms with E-state index < -0.39 is 16.0 Å². The lowest BCUT2D eigenvalue weighted by Gasteiger charge is -2.17. The zero-order valence-corrected chi connectivity index (χ0v) is 23.0. The fourth-order valence-corrected chi connectivity index (χ4v) is 4.72. The monoisotopic (exact) mass is 569 g/mol. The number of pyridine rings is 1. The molecule has 2 heterocycles. The molecule has 0 saturated carbocycles. The zero-order valence-electron chi connectivity index (χ0n) is 21.4. The molecule has 0 bridgehead atoms. The molecule has 12 heteroatoms. The number of carboxylic acid groups (broad SMARTS) is 1. The van der Waals surface area contributed by atoms with Crippen molar-refractivity contribution in [2.75, 3.05) is 22.9 Å². The van der Waals surface area contributed by atoms with Gasteiger partial charge in [0.25, 0.3) is 0 Å². The van der Waals surface area contributed by atoms with Crippen molar-refractivity contribution in [3.05, 3.63) is 71.8 Å². The first-order valence-corrected chi connectivity index (χ1v) is 14.5. The number of halogens is 1. The minimum atomic E-state index is -3.53. The van der Waals surface area contributed by atoms with E-state index in [4.69, 9.17) is 21.4 Å². The smallest absolute Gasteiger partial charge is 0.303 e. The van der Waals surface area contributed by atoms with E-state index in [9.17, 15) is 13.2 Å². The molecule has 0 aliphatic rings. The highest BCUT2D eigenvalue weighted by molar-refractivity contribution is 7.92. The summed E-state index contributed by atoms with van der Waals surface area (Å²) in [6, 6.07) is 14.9. The Morgan fingerprint density at radius 1 is 1.08 bits per heavy atom. The van der Waals surface area contributed by atoms with E-state index in [2.05, 4.69) is 25.0 Å². The normalized spacial score (nSPS) is 12.2. The van der Waals surface area contributed by atoms with Gasteiger partial charge in [0.15, 0.2) is 5.15 Å². The van der Waals surface area contributed by atoms with Gasteiger partial charge in [-0.1, -0.05) is 29.8 Å². The number of carbonyl (C=O) groups is 1. The van der Waals surface area contributed by atoms with Crippen LogP contribution in [0.15, 0.2) is 61.1 Å². The largest absolute Gasteiger partial charge is 0.494 e. The molecule has 0 unspecified atom stereocenters. The number of fused-ring (bicyclic) bond motifs is 1. The third-order valence-electron chi connectivity index (χ3n) is 5.87. The van der Waals surface area contributed by atoms with Crippen LogP contribution in [0.1, 0.15) is 37.8 Å². The van der Waals surface area contributed by atoms with Gasteiger partial charge in [0.2, 0.25) is 10.0 Å². The number of benzene rings is 2. The van der Waals surface area contributed by atoms with Crippen molar-refractivity contribution < 1.29 is 23.1 Å². The average molecular weight is 570 g/mol. The van der Waals surface area contributed by atoms with Gasteiger partial charge in [-0.05, 0) is 61.2 Å². The molecule has 0 aliphatic carbocycles. The second-order valence-electron chi connectivity index (χ2n) is 9.03. The van der Waals surface area contributed by atoms with E-state index in [1.165, 1.54) is 6.33 Å².